The highest BCUT2D eigenvalue weighted by Gasteiger charge is 2.01. The smallest absolute Gasteiger partial charge is 0.310 e. The highest BCUT2D eigenvalue weighted by atomic mass is 16.1. The number of nitrogens with zero attached hydrogens (tertiary/aromatic N) is 2. The van der Waals surface area contributed by atoms with E-state index >= 15 is 0 Å². The number of hydrogen-bond acceptors (Lipinski definition) is 3. The third-order valence-electron chi connectivity index (χ3n) is 2.09. The monoisotopic (exact) mass is 201 g/mol. The molecule has 1 N–H and O–H groups in total. The van der Waals surface area contributed by atoms with Crippen LogP contribution in [0.15, 0.2) is 29.2 Å². The zero-order valence-corrected chi connectivity index (χ0v) is 8.61. The second-order valence-corrected chi connectivity index (χ2v) is 3.44. The number of rotatable bonds is 1. The molecular formula is C11H11N3O. The van der Waals surface area contributed by atoms with Crippen LogP contribution < -0.4 is 5.69 Å². The van der Waals surface area contributed by atoms with Gasteiger partial charge in [0, 0.05) is 23.1 Å². The van der Waals surface area contributed by atoms with Crippen LogP contribution in [-0.2, 0) is 0 Å². The summed E-state index contributed by atoms with van der Waals surface area (Å²) < 4.78 is 0. The van der Waals surface area contributed by atoms with Crippen LogP contribution >= 0.6 is 0 Å². The van der Waals surface area contributed by atoms with Crippen LogP contribution in [0.4, 0.5) is 0 Å². The zero-order valence-electron chi connectivity index (χ0n) is 8.61. The Morgan fingerprint density at radius 1 is 1.27 bits per heavy atom. The summed E-state index contributed by atoms with van der Waals surface area (Å²) in [5, 5.41) is 0. The summed E-state index contributed by atoms with van der Waals surface area (Å²) in [5.74, 6) is 0. The van der Waals surface area contributed by atoms with Crippen LogP contribution in [0, 0.1) is 13.8 Å². The van der Waals surface area contributed by atoms with Crippen LogP contribution in [0.5, 0.6) is 0 Å². The Kier molecular flexibility index (Phi) is 2.33. The predicted octanol–water partition coefficient (Wildman–Crippen LogP) is 1.45. The van der Waals surface area contributed by atoms with Gasteiger partial charge in [-0.1, -0.05) is 0 Å². The van der Waals surface area contributed by atoms with Gasteiger partial charge in [0.15, 0.2) is 0 Å². The quantitative estimate of drug-likeness (QED) is 0.759. The molecule has 2 aromatic rings. The molecule has 0 fully saturated rings. The topological polar surface area (TPSA) is 58.6 Å². The van der Waals surface area contributed by atoms with Crippen molar-refractivity contribution in [3.05, 3.63) is 46.3 Å². The van der Waals surface area contributed by atoms with E-state index in [0.29, 0.717) is 5.69 Å². The van der Waals surface area contributed by atoms with Crippen LogP contribution in [0.2, 0.25) is 0 Å². The average Bonchev–Trinajstić information content (AvgIpc) is 2.17. The molecule has 4 nitrogen and oxygen atoms in total. The maximum Gasteiger partial charge on any atom is 0.345 e. The summed E-state index contributed by atoms with van der Waals surface area (Å²) in [6.45, 7) is 3.74. The van der Waals surface area contributed by atoms with Crippen molar-refractivity contribution in [2.24, 2.45) is 0 Å². The van der Waals surface area contributed by atoms with E-state index in [0.717, 1.165) is 17.0 Å². The molecule has 0 atom stereocenters. The van der Waals surface area contributed by atoms with Gasteiger partial charge in [0.2, 0.25) is 0 Å². The van der Waals surface area contributed by atoms with Gasteiger partial charge in [-0.05, 0) is 32.0 Å². The fourth-order valence-electron chi connectivity index (χ4n) is 1.35. The normalized spacial score (nSPS) is 10.3. The molecule has 2 rings (SSSR count). The van der Waals surface area contributed by atoms with Crippen molar-refractivity contribution in [3.8, 4) is 11.3 Å². The molecule has 0 aliphatic carbocycles. The van der Waals surface area contributed by atoms with Crippen LogP contribution in [0.25, 0.3) is 11.3 Å². The Balaban J connectivity index is 2.54. The van der Waals surface area contributed by atoms with E-state index in [1.165, 1.54) is 0 Å². The summed E-state index contributed by atoms with van der Waals surface area (Å²) in [4.78, 5) is 21.8. The zero-order chi connectivity index (χ0) is 10.8. The van der Waals surface area contributed by atoms with Crippen molar-refractivity contribution < 1.29 is 0 Å². The summed E-state index contributed by atoms with van der Waals surface area (Å²) >= 11 is 0. The van der Waals surface area contributed by atoms with E-state index in [9.17, 15) is 4.79 Å². The summed E-state index contributed by atoms with van der Waals surface area (Å²) in [7, 11) is 0. The molecular weight excluding hydrogens is 190 g/mol. The summed E-state index contributed by atoms with van der Waals surface area (Å²) in [5.41, 5.74) is 2.93. The van der Waals surface area contributed by atoms with Gasteiger partial charge in [-0.15, -0.1) is 0 Å². The van der Waals surface area contributed by atoms with E-state index in [2.05, 4.69) is 15.0 Å². The van der Waals surface area contributed by atoms with E-state index < -0.39 is 0 Å². The molecule has 0 bridgehead atoms. The second-order valence-electron chi connectivity index (χ2n) is 3.44. The first-order valence-corrected chi connectivity index (χ1v) is 4.66. The minimum Gasteiger partial charge on any atom is -0.310 e. The maximum atomic E-state index is 11.2. The first-order chi connectivity index (χ1) is 7.15. The van der Waals surface area contributed by atoms with Crippen LogP contribution in [0.3, 0.4) is 0 Å². The van der Waals surface area contributed by atoms with E-state index in [1.807, 2.05) is 32.0 Å². The van der Waals surface area contributed by atoms with Crippen molar-refractivity contribution in [2.45, 2.75) is 13.8 Å². The molecule has 2 aromatic heterocycles. The number of aromatic amines is 1. The number of pyridine rings is 1. The van der Waals surface area contributed by atoms with Crippen molar-refractivity contribution in [1.29, 1.82) is 0 Å². The Hall–Kier alpha value is -1.97. The van der Waals surface area contributed by atoms with Crippen molar-refractivity contribution >= 4 is 0 Å². The third kappa shape index (κ3) is 2.10. The highest BCUT2D eigenvalue weighted by molar-refractivity contribution is 5.57. The first-order valence-electron chi connectivity index (χ1n) is 4.66. The molecule has 0 amide bonds. The minimum atomic E-state index is -0.328. The largest absolute Gasteiger partial charge is 0.345 e. The molecule has 15 heavy (non-hydrogen) atoms. The molecule has 0 aromatic carbocycles. The van der Waals surface area contributed by atoms with Crippen LogP contribution in [0.1, 0.15) is 11.4 Å². The van der Waals surface area contributed by atoms with Gasteiger partial charge in [0.05, 0.1) is 5.69 Å². The minimum absolute atomic E-state index is 0.328. The molecule has 76 valence electrons. The number of aromatic nitrogens is 3. The Bertz CT molecular complexity index is 528. The SMILES string of the molecule is Cc1ccc(-c2cc(C)[nH]c(=O)n2)cn1. The Labute approximate surface area is 87.0 Å². The second kappa shape index (κ2) is 3.65. The first kappa shape index (κ1) is 9.58. The van der Waals surface area contributed by atoms with Gasteiger partial charge in [0.1, 0.15) is 0 Å². The Morgan fingerprint density at radius 3 is 2.67 bits per heavy atom. The molecule has 0 saturated heterocycles. The number of nitrogens with one attached hydrogen (secondary N) is 1. The van der Waals surface area contributed by atoms with Gasteiger partial charge in [-0.3, -0.25) is 4.98 Å². The van der Waals surface area contributed by atoms with Gasteiger partial charge in [-0.2, -0.15) is 4.98 Å². The molecule has 0 unspecified atom stereocenters. The van der Waals surface area contributed by atoms with Gasteiger partial charge in [0.25, 0.3) is 0 Å². The number of aryl methyl sites for hydroxylation is 2. The van der Waals surface area contributed by atoms with Gasteiger partial charge >= 0.3 is 5.69 Å². The van der Waals surface area contributed by atoms with Crippen molar-refractivity contribution in [2.75, 3.05) is 0 Å². The molecule has 0 radical (unpaired) electrons. The summed E-state index contributed by atoms with van der Waals surface area (Å²) in [6, 6.07) is 5.63. The number of hydrogen-bond donors (Lipinski definition) is 1. The van der Waals surface area contributed by atoms with Gasteiger partial charge < -0.3 is 4.98 Å². The lowest BCUT2D eigenvalue weighted by Gasteiger charge is -2.00. The predicted molar refractivity (Wildman–Crippen MR) is 57.6 cm³/mol. The van der Waals surface area contributed by atoms with Crippen LogP contribution in [-0.4, -0.2) is 15.0 Å². The lowest BCUT2D eigenvalue weighted by Crippen LogP contribution is -2.11. The molecule has 0 saturated carbocycles. The molecule has 0 spiro atoms. The Morgan fingerprint density at radius 2 is 2.07 bits per heavy atom. The lowest BCUT2D eigenvalue weighted by atomic mass is 10.2. The standard InChI is InChI=1S/C11H11N3O/c1-7-3-4-9(6-12-7)10-5-8(2)13-11(15)14-10/h3-6H,1-2H3,(H,13,14,15). The average molecular weight is 201 g/mol. The van der Waals surface area contributed by atoms with Crippen molar-refractivity contribution in [3.63, 3.8) is 0 Å². The molecule has 4 heteroatoms. The maximum absolute atomic E-state index is 11.2. The lowest BCUT2D eigenvalue weighted by molar-refractivity contribution is 1.03. The number of H-pyrrole nitrogens is 1. The molecule has 0 aliphatic heterocycles. The van der Waals surface area contributed by atoms with E-state index in [4.69, 9.17) is 0 Å². The third-order valence-corrected chi connectivity index (χ3v) is 2.09. The fourth-order valence-corrected chi connectivity index (χ4v) is 1.35. The molecule has 2 heterocycles. The van der Waals surface area contributed by atoms with Gasteiger partial charge in [-0.25, -0.2) is 4.79 Å². The summed E-state index contributed by atoms with van der Waals surface area (Å²) in [6.07, 6.45) is 1.72. The van der Waals surface area contributed by atoms with Crippen molar-refractivity contribution in [1.82, 2.24) is 15.0 Å². The highest BCUT2D eigenvalue weighted by Crippen LogP contribution is 2.14. The van der Waals surface area contributed by atoms with E-state index in [1.54, 1.807) is 6.20 Å². The fraction of sp³-hybridized carbons (Fsp3) is 0.182. The molecule has 0 aliphatic rings. The van der Waals surface area contributed by atoms with E-state index in [-0.39, 0.29) is 5.69 Å².